The average Bonchev–Trinajstić information content (AvgIpc) is 2.49. The number of aliphatic hydroxyl groups is 1. The lowest BCUT2D eigenvalue weighted by atomic mass is 10.0. The van der Waals surface area contributed by atoms with Gasteiger partial charge in [-0.3, -0.25) is 4.18 Å². The quantitative estimate of drug-likeness (QED) is 0.0342. The monoisotopic (exact) mass is 1190 g/mol. The molecule has 0 saturated carbocycles. The topological polar surface area (TPSA) is 261 Å². The fourth-order valence-electron chi connectivity index (χ4n) is 11.7. The standard InChI is InChI=1S/C35H42N6O6S.C28H36N6O4/c1-25-7-11-30(12-8-25)48(42,43)47-20-18-45-16-15-44-17-19-46-34-21-27(13-14-37-34)41-28-9-10-29(41)24-40(23-28)33-22-32(38-39-35(33)36)31-6-4-3-5-26(31)2;1-20-4-2-3-5-24(20)25-17-26(28(29)32-31-25)33-18-22-6-7-23(19-33)34(22)21-8-9-30-27(16-21)38-15-14-37-13-12-36-11-10-35/h3-8,11-14,21-22,28-29H,9-10,15-20,23-24H2,1-2H3,(H2,36,39);2-5,8-9,16-17,22-23,35H,6-7,10-15,18-19H2,1H3,(H2,29,32). The van der Waals surface area contributed by atoms with Crippen LogP contribution in [0.3, 0.4) is 0 Å². The Morgan fingerprint density at radius 1 is 0.500 bits per heavy atom. The first-order valence-electron chi connectivity index (χ1n) is 29.4. The van der Waals surface area contributed by atoms with Gasteiger partial charge in [0.2, 0.25) is 11.8 Å². The molecule has 4 aromatic heterocycles. The largest absolute Gasteiger partial charge is 0.475 e. The smallest absolute Gasteiger partial charge is 0.297 e. The van der Waals surface area contributed by atoms with E-state index < -0.39 is 10.1 Å². The van der Waals surface area contributed by atoms with Crippen LogP contribution in [-0.4, -0.2) is 174 Å². The van der Waals surface area contributed by atoms with Crippen LogP contribution >= 0.6 is 0 Å². The number of nitrogens with two attached hydrogens (primary N) is 2. The number of nitrogens with zero attached hydrogens (tertiary/aromatic N) is 10. The molecule has 7 aromatic rings. The van der Waals surface area contributed by atoms with Crippen molar-refractivity contribution in [3.8, 4) is 34.3 Å². The maximum atomic E-state index is 12.2. The third-order valence-electron chi connectivity index (χ3n) is 15.8. The molecule has 11 rings (SSSR count). The molecule has 86 heavy (non-hydrogen) atoms. The lowest BCUT2D eigenvalue weighted by molar-refractivity contribution is 0.0243. The van der Waals surface area contributed by atoms with Crippen molar-refractivity contribution in [2.75, 3.05) is 137 Å². The summed E-state index contributed by atoms with van der Waals surface area (Å²) < 4.78 is 62.9. The molecule has 8 heterocycles. The van der Waals surface area contributed by atoms with Gasteiger partial charge in [0.15, 0.2) is 11.6 Å². The molecule has 23 heteroatoms. The molecule has 3 aromatic carbocycles. The molecule has 0 radical (unpaired) electrons. The van der Waals surface area contributed by atoms with Gasteiger partial charge in [0.1, 0.15) is 13.2 Å². The van der Waals surface area contributed by atoms with Gasteiger partial charge in [-0.1, -0.05) is 66.2 Å². The number of benzene rings is 3. The van der Waals surface area contributed by atoms with Gasteiger partial charge >= 0.3 is 0 Å². The van der Waals surface area contributed by atoms with Crippen LogP contribution in [0.15, 0.2) is 126 Å². The number of pyridine rings is 2. The number of aliphatic hydroxyl groups excluding tert-OH is 1. The Balaban J connectivity index is 0.000000196. The third-order valence-corrected chi connectivity index (χ3v) is 17.2. The molecule has 0 aliphatic carbocycles. The summed E-state index contributed by atoms with van der Waals surface area (Å²) in [5.74, 6) is 2.06. The minimum Gasteiger partial charge on any atom is -0.475 e. The van der Waals surface area contributed by atoms with E-state index in [1.807, 2.05) is 49.4 Å². The molecule has 22 nitrogen and oxygen atoms in total. The van der Waals surface area contributed by atoms with Gasteiger partial charge in [-0.2, -0.15) is 8.42 Å². The Morgan fingerprint density at radius 3 is 1.34 bits per heavy atom. The summed E-state index contributed by atoms with van der Waals surface area (Å²) in [4.78, 5) is 18.6. The Hall–Kier alpha value is -7.77. The number of aromatic nitrogens is 6. The number of nitrogen functional groups attached to an aromatic ring is 2. The van der Waals surface area contributed by atoms with E-state index in [0.29, 0.717) is 107 Å². The van der Waals surface area contributed by atoms with Crippen molar-refractivity contribution >= 4 is 44.5 Å². The second kappa shape index (κ2) is 29.6. The highest BCUT2D eigenvalue weighted by molar-refractivity contribution is 7.86. The molecule has 4 atom stereocenters. The zero-order valence-electron chi connectivity index (χ0n) is 49.2. The molecule has 0 amide bonds. The summed E-state index contributed by atoms with van der Waals surface area (Å²) in [5.41, 5.74) is 23.9. The van der Waals surface area contributed by atoms with E-state index in [0.717, 1.165) is 114 Å². The summed E-state index contributed by atoms with van der Waals surface area (Å²) in [7, 11) is -3.80. The molecular formula is C63H78N12O10S. The van der Waals surface area contributed by atoms with Crippen LogP contribution in [0.1, 0.15) is 42.4 Å². The van der Waals surface area contributed by atoms with Crippen LogP contribution in [-0.2, 0) is 33.2 Å². The summed E-state index contributed by atoms with van der Waals surface area (Å²) >= 11 is 0. The molecule has 456 valence electrons. The van der Waals surface area contributed by atoms with Crippen molar-refractivity contribution in [2.45, 2.75) is 75.5 Å². The fraction of sp³-hybridized carbons (Fsp3) is 0.429. The van der Waals surface area contributed by atoms with Crippen molar-refractivity contribution in [3.63, 3.8) is 0 Å². The second-order valence-electron chi connectivity index (χ2n) is 21.7. The van der Waals surface area contributed by atoms with Crippen LogP contribution in [0.4, 0.5) is 34.4 Å². The van der Waals surface area contributed by atoms with E-state index in [1.165, 1.54) is 12.1 Å². The van der Waals surface area contributed by atoms with Crippen LogP contribution in [0.5, 0.6) is 11.8 Å². The minimum atomic E-state index is -3.80. The Bertz CT molecular complexity index is 3410. The van der Waals surface area contributed by atoms with Gasteiger partial charge in [0, 0.05) is 97.4 Å². The predicted molar refractivity (Wildman–Crippen MR) is 330 cm³/mol. The molecule has 4 bridgehead atoms. The SMILES string of the molecule is Cc1ccc(S(=O)(=O)OCCOCCOCCOc2cc(N3C4CCC3CN(c3cc(-c5ccccc5C)nnc3N)C4)ccn2)cc1.Cc1ccccc1-c1cc(N2CC3CCC(C2)N3c2ccnc(OCCOCCOCCO)c2)c(N)nn1. The van der Waals surface area contributed by atoms with Crippen LogP contribution in [0, 0.1) is 20.8 Å². The average molecular weight is 1200 g/mol. The van der Waals surface area contributed by atoms with E-state index in [2.05, 4.69) is 106 Å². The summed E-state index contributed by atoms with van der Waals surface area (Å²) in [6, 6.07) is 36.5. The molecular weight excluding hydrogens is 1120 g/mol. The highest BCUT2D eigenvalue weighted by Gasteiger charge is 2.42. The van der Waals surface area contributed by atoms with Gasteiger partial charge in [-0.15, -0.1) is 20.4 Å². The Labute approximate surface area is 503 Å². The number of hydrogen-bond donors (Lipinski definition) is 3. The van der Waals surface area contributed by atoms with Crippen molar-refractivity contribution in [2.24, 2.45) is 0 Å². The molecule has 4 unspecified atom stereocenters. The summed E-state index contributed by atoms with van der Waals surface area (Å²) in [5, 5.41) is 26.1. The number of ether oxygens (including phenoxy) is 6. The Morgan fingerprint density at radius 2 is 0.907 bits per heavy atom. The van der Waals surface area contributed by atoms with Crippen molar-refractivity contribution in [3.05, 3.63) is 138 Å². The normalized spacial score (nSPS) is 18.0. The number of anilines is 6. The molecule has 5 N–H and O–H groups in total. The van der Waals surface area contributed by atoms with E-state index in [-0.39, 0.29) is 24.7 Å². The van der Waals surface area contributed by atoms with Crippen molar-refractivity contribution in [1.82, 2.24) is 30.4 Å². The molecule has 4 aliphatic heterocycles. The lowest BCUT2D eigenvalue weighted by Crippen LogP contribution is -2.54. The zero-order valence-corrected chi connectivity index (χ0v) is 50.0. The maximum absolute atomic E-state index is 12.2. The molecule has 0 spiro atoms. The first-order chi connectivity index (χ1) is 41.9. The van der Waals surface area contributed by atoms with Crippen LogP contribution in [0.2, 0.25) is 0 Å². The van der Waals surface area contributed by atoms with E-state index in [9.17, 15) is 8.42 Å². The third kappa shape index (κ3) is 15.6. The van der Waals surface area contributed by atoms with Gasteiger partial charge in [-0.25, -0.2) is 9.97 Å². The molecule has 4 fully saturated rings. The van der Waals surface area contributed by atoms with Crippen LogP contribution in [0.25, 0.3) is 22.5 Å². The van der Waals surface area contributed by atoms with Gasteiger partial charge in [0.05, 0.1) is 93.7 Å². The summed E-state index contributed by atoms with van der Waals surface area (Å²) in [6.07, 6.45) is 8.01. The van der Waals surface area contributed by atoms with E-state index in [4.69, 9.17) is 49.2 Å². The van der Waals surface area contributed by atoms with Gasteiger partial charge < -0.3 is 64.6 Å². The minimum absolute atomic E-state index is 0.0196. The number of piperazine rings is 2. The van der Waals surface area contributed by atoms with E-state index in [1.54, 1.807) is 24.5 Å². The number of rotatable bonds is 27. The summed E-state index contributed by atoms with van der Waals surface area (Å²) in [6.45, 7) is 13.0. The van der Waals surface area contributed by atoms with Gasteiger partial charge in [0.25, 0.3) is 10.1 Å². The lowest BCUT2D eigenvalue weighted by Gasteiger charge is -2.43. The number of aryl methyl sites for hydroxylation is 3. The highest BCUT2D eigenvalue weighted by atomic mass is 32.2. The fourth-order valence-corrected chi connectivity index (χ4v) is 12.6. The number of hydrogen-bond acceptors (Lipinski definition) is 22. The first kappa shape index (κ1) is 61.3. The van der Waals surface area contributed by atoms with E-state index >= 15 is 0 Å². The number of fused-ring (bicyclic) bond motifs is 4. The Kier molecular flexibility index (Phi) is 21.1. The van der Waals surface area contributed by atoms with Crippen molar-refractivity contribution in [1.29, 1.82) is 0 Å². The van der Waals surface area contributed by atoms with Gasteiger partial charge in [-0.05, 0) is 94.0 Å². The van der Waals surface area contributed by atoms with Crippen molar-refractivity contribution < 1.29 is 46.1 Å². The zero-order chi connectivity index (χ0) is 59.8. The first-order valence-corrected chi connectivity index (χ1v) is 30.8. The molecule has 4 aliphatic rings. The highest BCUT2D eigenvalue weighted by Crippen LogP contribution is 2.41. The maximum Gasteiger partial charge on any atom is 0.297 e. The molecule has 4 saturated heterocycles. The second-order valence-corrected chi connectivity index (χ2v) is 23.3. The predicted octanol–water partition coefficient (Wildman–Crippen LogP) is 7.10. The van der Waals surface area contributed by atoms with Crippen LogP contribution < -0.4 is 40.5 Å².